The van der Waals surface area contributed by atoms with Gasteiger partial charge in [-0.3, -0.25) is 4.99 Å². The lowest BCUT2D eigenvalue weighted by molar-refractivity contribution is 0.318. The molecule has 0 amide bonds. The number of aromatic hydroxyl groups is 1. The van der Waals surface area contributed by atoms with Gasteiger partial charge in [0.25, 0.3) is 0 Å². The van der Waals surface area contributed by atoms with E-state index in [4.69, 9.17) is 16.3 Å². The van der Waals surface area contributed by atoms with E-state index < -0.39 is 0 Å². The number of hydrogen-bond donors (Lipinski definition) is 1. The lowest BCUT2D eigenvalue weighted by Gasteiger charge is -2.28. The normalized spacial score (nSPS) is 14.9. The van der Waals surface area contributed by atoms with Crippen molar-refractivity contribution in [3.8, 4) is 11.5 Å². The van der Waals surface area contributed by atoms with Gasteiger partial charge < -0.3 is 14.7 Å². The predicted octanol–water partition coefficient (Wildman–Crippen LogP) is 5.19. The average molecular weight is 359 g/mol. The number of phenolic OH excluding ortho intramolecular Hbond substituents is 1. The monoisotopic (exact) mass is 358 g/mol. The first kappa shape index (κ1) is 17.6. The van der Waals surface area contributed by atoms with Crippen molar-refractivity contribution in [2.75, 3.05) is 24.6 Å². The summed E-state index contributed by atoms with van der Waals surface area (Å²) < 4.78 is 5.39. The number of piperidine rings is 1. The molecule has 1 aliphatic heterocycles. The molecular formula is C20H23ClN2O2. The Morgan fingerprint density at radius 2 is 1.88 bits per heavy atom. The molecule has 1 aliphatic rings. The van der Waals surface area contributed by atoms with Gasteiger partial charge in [-0.05, 0) is 56.5 Å². The lowest BCUT2D eigenvalue weighted by Crippen LogP contribution is -2.29. The minimum Gasteiger partial charge on any atom is -0.504 e. The van der Waals surface area contributed by atoms with Crippen LogP contribution in [0.4, 0.5) is 11.4 Å². The highest BCUT2D eigenvalue weighted by molar-refractivity contribution is 6.31. The SMILES string of the molecule is CCOc1cc(Cl)cc(C=Nc2ccc(N3CCCCC3)cc2)c1O. The molecule has 25 heavy (non-hydrogen) atoms. The third kappa shape index (κ3) is 4.45. The Labute approximate surface area is 153 Å². The number of halogens is 1. The second-order valence-electron chi connectivity index (χ2n) is 6.10. The highest BCUT2D eigenvalue weighted by Crippen LogP contribution is 2.33. The molecule has 5 heteroatoms. The van der Waals surface area contributed by atoms with Gasteiger partial charge in [-0.1, -0.05) is 11.6 Å². The van der Waals surface area contributed by atoms with Gasteiger partial charge in [-0.25, -0.2) is 0 Å². The Kier molecular flexibility index (Phi) is 5.82. The van der Waals surface area contributed by atoms with Gasteiger partial charge in [-0.15, -0.1) is 0 Å². The summed E-state index contributed by atoms with van der Waals surface area (Å²) in [5.41, 5.74) is 2.61. The second kappa shape index (κ2) is 8.26. The van der Waals surface area contributed by atoms with Crippen LogP contribution >= 0.6 is 11.6 Å². The van der Waals surface area contributed by atoms with Crippen LogP contribution in [0, 0.1) is 0 Å². The fourth-order valence-corrected chi connectivity index (χ4v) is 3.22. The number of benzene rings is 2. The summed E-state index contributed by atoms with van der Waals surface area (Å²) in [6.45, 7) is 4.57. The summed E-state index contributed by atoms with van der Waals surface area (Å²) in [6.07, 6.45) is 5.46. The first-order valence-electron chi connectivity index (χ1n) is 8.72. The van der Waals surface area contributed by atoms with E-state index >= 15 is 0 Å². The number of nitrogens with zero attached hydrogens (tertiary/aromatic N) is 2. The van der Waals surface area contributed by atoms with E-state index in [1.807, 2.05) is 19.1 Å². The summed E-state index contributed by atoms with van der Waals surface area (Å²) >= 11 is 6.09. The van der Waals surface area contributed by atoms with Crippen LogP contribution in [0.1, 0.15) is 31.7 Å². The maximum absolute atomic E-state index is 10.3. The fourth-order valence-electron chi connectivity index (χ4n) is 3.00. The molecule has 0 atom stereocenters. The molecule has 2 aromatic rings. The van der Waals surface area contributed by atoms with Gasteiger partial charge >= 0.3 is 0 Å². The summed E-state index contributed by atoms with van der Waals surface area (Å²) in [5, 5.41) is 10.8. The van der Waals surface area contributed by atoms with E-state index in [-0.39, 0.29) is 5.75 Å². The maximum atomic E-state index is 10.3. The molecule has 4 nitrogen and oxygen atoms in total. The number of ether oxygens (including phenoxy) is 1. The summed E-state index contributed by atoms with van der Waals surface area (Å²) in [6, 6.07) is 11.5. The van der Waals surface area contributed by atoms with E-state index in [0.29, 0.717) is 22.9 Å². The van der Waals surface area contributed by atoms with Crippen molar-refractivity contribution in [2.45, 2.75) is 26.2 Å². The van der Waals surface area contributed by atoms with Crippen LogP contribution in [0.3, 0.4) is 0 Å². The molecule has 132 valence electrons. The minimum absolute atomic E-state index is 0.0555. The molecule has 0 bridgehead atoms. The van der Waals surface area contributed by atoms with Crippen molar-refractivity contribution in [2.24, 2.45) is 4.99 Å². The Morgan fingerprint density at radius 1 is 1.16 bits per heavy atom. The third-order valence-corrected chi connectivity index (χ3v) is 4.51. The molecule has 0 saturated carbocycles. The molecule has 0 radical (unpaired) electrons. The summed E-state index contributed by atoms with van der Waals surface area (Å²) in [4.78, 5) is 6.86. The van der Waals surface area contributed by atoms with Crippen LogP contribution in [-0.4, -0.2) is 31.0 Å². The first-order chi connectivity index (χ1) is 12.2. The van der Waals surface area contributed by atoms with Crippen LogP contribution < -0.4 is 9.64 Å². The topological polar surface area (TPSA) is 45.1 Å². The van der Waals surface area contributed by atoms with Crippen molar-refractivity contribution in [3.05, 3.63) is 47.0 Å². The molecule has 0 unspecified atom stereocenters. The van der Waals surface area contributed by atoms with Crippen LogP contribution in [0.25, 0.3) is 0 Å². The van der Waals surface area contributed by atoms with E-state index in [1.165, 1.54) is 24.9 Å². The molecule has 1 N–H and O–H groups in total. The lowest BCUT2D eigenvalue weighted by atomic mass is 10.1. The zero-order valence-corrected chi connectivity index (χ0v) is 15.2. The smallest absolute Gasteiger partial charge is 0.166 e. The Hall–Kier alpha value is -2.20. The van der Waals surface area contributed by atoms with Gasteiger partial charge in [0.1, 0.15) is 0 Å². The highest BCUT2D eigenvalue weighted by Gasteiger charge is 2.11. The number of hydrogen-bond acceptors (Lipinski definition) is 4. The molecule has 1 saturated heterocycles. The number of rotatable bonds is 5. The van der Waals surface area contributed by atoms with Crippen molar-refractivity contribution in [3.63, 3.8) is 0 Å². The van der Waals surface area contributed by atoms with Crippen molar-refractivity contribution in [1.82, 2.24) is 0 Å². The van der Waals surface area contributed by atoms with Gasteiger partial charge in [0.15, 0.2) is 11.5 Å². The van der Waals surface area contributed by atoms with Gasteiger partial charge in [0.05, 0.1) is 12.3 Å². The zero-order valence-electron chi connectivity index (χ0n) is 14.4. The Balaban J connectivity index is 1.75. The van der Waals surface area contributed by atoms with Gasteiger partial charge in [0.2, 0.25) is 0 Å². The Morgan fingerprint density at radius 3 is 2.56 bits per heavy atom. The van der Waals surface area contributed by atoms with Crippen LogP contribution in [0.2, 0.25) is 5.02 Å². The maximum Gasteiger partial charge on any atom is 0.166 e. The molecule has 2 aromatic carbocycles. The van der Waals surface area contributed by atoms with Crippen LogP contribution in [0.5, 0.6) is 11.5 Å². The zero-order chi connectivity index (χ0) is 17.6. The molecular weight excluding hydrogens is 336 g/mol. The highest BCUT2D eigenvalue weighted by atomic mass is 35.5. The summed E-state index contributed by atoms with van der Waals surface area (Å²) in [5.74, 6) is 0.428. The van der Waals surface area contributed by atoms with Gasteiger partial charge in [-0.2, -0.15) is 0 Å². The first-order valence-corrected chi connectivity index (χ1v) is 9.09. The van der Waals surface area contributed by atoms with Gasteiger partial charge in [0, 0.05) is 41.6 Å². The van der Waals surface area contributed by atoms with Crippen molar-refractivity contribution >= 4 is 29.2 Å². The van der Waals surface area contributed by atoms with Crippen molar-refractivity contribution < 1.29 is 9.84 Å². The number of anilines is 1. The van der Waals surface area contributed by atoms with E-state index in [2.05, 4.69) is 22.0 Å². The quantitative estimate of drug-likeness (QED) is 0.748. The average Bonchev–Trinajstić information content (AvgIpc) is 2.64. The Bertz CT molecular complexity index is 738. The molecule has 0 spiro atoms. The standard InChI is InChI=1S/C20H23ClN2O2/c1-2-25-19-13-16(21)12-15(20(19)24)14-22-17-6-8-18(9-7-17)23-10-4-3-5-11-23/h6-9,12-14,24H,2-5,10-11H2,1H3. The van der Waals surface area contributed by atoms with Crippen LogP contribution in [0.15, 0.2) is 41.4 Å². The molecule has 3 rings (SSSR count). The third-order valence-electron chi connectivity index (χ3n) is 4.29. The largest absolute Gasteiger partial charge is 0.504 e. The predicted molar refractivity (Wildman–Crippen MR) is 104 cm³/mol. The number of aliphatic imine (C=N–C) groups is 1. The molecule has 0 aromatic heterocycles. The minimum atomic E-state index is 0.0555. The second-order valence-corrected chi connectivity index (χ2v) is 6.53. The fraction of sp³-hybridized carbons (Fsp3) is 0.350. The number of phenols is 1. The molecule has 1 fully saturated rings. The van der Waals surface area contributed by atoms with E-state index in [9.17, 15) is 5.11 Å². The molecule has 1 heterocycles. The van der Waals surface area contributed by atoms with Crippen molar-refractivity contribution in [1.29, 1.82) is 0 Å². The van der Waals surface area contributed by atoms with E-state index in [0.717, 1.165) is 18.8 Å². The van der Waals surface area contributed by atoms with E-state index in [1.54, 1.807) is 18.3 Å². The molecule has 0 aliphatic carbocycles. The van der Waals surface area contributed by atoms with Crippen LogP contribution in [-0.2, 0) is 0 Å². The summed E-state index contributed by atoms with van der Waals surface area (Å²) in [7, 11) is 0.